The van der Waals surface area contributed by atoms with Crippen molar-refractivity contribution in [3.05, 3.63) is 46.5 Å². The maximum Gasteiger partial charge on any atom is 0.0996 e. The normalized spacial score (nSPS) is 12.7. The maximum absolute atomic E-state index is 9.26. The van der Waals surface area contributed by atoms with E-state index < -0.39 is 0 Å². The van der Waals surface area contributed by atoms with Crippen molar-refractivity contribution in [2.24, 2.45) is 7.05 Å². The number of aromatic nitrogens is 3. The number of fused-ring (bicyclic) bond motifs is 1. The van der Waals surface area contributed by atoms with Crippen LogP contribution in [0.5, 0.6) is 0 Å². The fourth-order valence-corrected chi connectivity index (χ4v) is 2.84. The zero-order valence-electron chi connectivity index (χ0n) is 13.1. The van der Waals surface area contributed by atoms with Crippen molar-refractivity contribution in [2.45, 2.75) is 26.7 Å². The number of pyridine rings is 1. The molecule has 1 aliphatic carbocycles. The zero-order chi connectivity index (χ0) is 15.7. The van der Waals surface area contributed by atoms with Gasteiger partial charge in [-0.1, -0.05) is 6.08 Å². The Labute approximate surface area is 130 Å². The fraction of sp³-hybridized carbons (Fsp3) is 0.353. The Hall–Kier alpha value is -2.61. The van der Waals surface area contributed by atoms with Gasteiger partial charge in [0.25, 0.3) is 0 Å². The average molecular weight is 293 g/mol. The summed E-state index contributed by atoms with van der Waals surface area (Å²) in [6.45, 7) is 4.94. The van der Waals surface area contributed by atoms with Gasteiger partial charge in [-0.2, -0.15) is 10.4 Å². The van der Waals surface area contributed by atoms with Crippen LogP contribution in [-0.2, 0) is 19.9 Å². The van der Waals surface area contributed by atoms with Gasteiger partial charge in [0, 0.05) is 49.1 Å². The van der Waals surface area contributed by atoms with Gasteiger partial charge in [0.15, 0.2) is 0 Å². The first-order valence-corrected chi connectivity index (χ1v) is 7.48. The van der Waals surface area contributed by atoms with Gasteiger partial charge in [-0.3, -0.25) is 9.67 Å². The molecule has 0 saturated heterocycles. The molecule has 1 N–H and O–H groups in total. The van der Waals surface area contributed by atoms with E-state index in [4.69, 9.17) is 4.98 Å². The van der Waals surface area contributed by atoms with Crippen LogP contribution in [0.3, 0.4) is 0 Å². The molecule has 5 nitrogen and oxygen atoms in total. The number of nitrogens with zero attached hydrogens (tertiary/aromatic N) is 4. The average Bonchev–Trinajstić information content (AvgIpc) is 3.06. The lowest BCUT2D eigenvalue weighted by molar-refractivity contribution is 0.738. The van der Waals surface area contributed by atoms with Crippen molar-refractivity contribution in [1.82, 2.24) is 14.8 Å². The van der Waals surface area contributed by atoms with E-state index in [2.05, 4.69) is 36.4 Å². The first-order valence-electron chi connectivity index (χ1n) is 7.48. The lowest BCUT2D eigenvalue weighted by Gasteiger charge is -2.13. The molecule has 22 heavy (non-hydrogen) atoms. The maximum atomic E-state index is 9.26. The third-order valence-corrected chi connectivity index (χ3v) is 4.11. The van der Waals surface area contributed by atoms with Gasteiger partial charge in [0.2, 0.25) is 0 Å². The van der Waals surface area contributed by atoms with E-state index in [0.29, 0.717) is 0 Å². The van der Waals surface area contributed by atoms with Crippen LogP contribution in [0.2, 0.25) is 0 Å². The van der Waals surface area contributed by atoms with Gasteiger partial charge in [0.05, 0.1) is 23.5 Å². The fourth-order valence-electron chi connectivity index (χ4n) is 2.84. The Morgan fingerprint density at radius 1 is 1.45 bits per heavy atom. The summed E-state index contributed by atoms with van der Waals surface area (Å²) in [4.78, 5) is 4.76. The molecule has 0 amide bonds. The molecule has 0 aromatic carbocycles. The molecule has 0 saturated carbocycles. The van der Waals surface area contributed by atoms with Crippen LogP contribution < -0.4 is 5.32 Å². The van der Waals surface area contributed by atoms with Crippen molar-refractivity contribution in [1.29, 1.82) is 5.26 Å². The predicted molar refractivity (Wildman–Crippen MR) is 86.4 cm³/mol. The van der Waals surface area contributed by atoms with E-state index in [1.54, 1.807) is 0 Å². The lowest BCUT2D eigenvalue weighted by atomic mass is 10.0. The molecule has 0 spiro atoms. The van der Waals surface area contributed by atoms with Crippen LogP contribution in [0.1, 0.15) is 35.1 Å². The number of anilines is 1. The SMILES string of the molecule is CCNc1cc(Cc2cnn(C)c2C)nc2c1C(C#N)=CC2. The van der Waals surface area contributed by atoms with Crippen LogP contribution in [0.4, 0.5) is 5.69 Å². The molecule has 0 atom stereocenters. The van der Waals surface area contributed by atoms with E-state index in [-0.39, 0.29) is 0 Å². The molecule has 2 heterocycles. The minimum atomic E-state index is 0.725. The minimum Gasteiger partial charge on any atom is -0.385 e. The van der Waals surface area contributed by atoms with Crippen LogP contribution in [0, 0.1) is 18.3 Å². The summed E-state index contributed by atoms with van der Waals surface area (Å²) in [6.07, 6.45) is 5.34. The highest BCUT2D eigenvalue weighted by Crippen LogP contribution is 2.33. The lowest BCUT2D eigenvalue weighted by Crippen LogP contribution is -2.06. The Bertz CT molecular complexity index is 792. The number of nitriles is 1. The molecule has 1 aliphatic rings. The van der Waals surface area contributed by atoms with Crippen LogP contribution in [0.15, 0.2) is 18.3 Å². The highest BCUT2D eigenvalue weighted by molar-refractivity contribution is 5.88. The molecule has 112 valence electrons. The molecule has 0 bridgehead atoms. The zero-order valence-corrected chi connectivity index (χ0v) is 13.1. The van der Waals surface area contributed by atoms with Crippen LogP contribution in [0.25, 0.3) is 5.57 Å². The molecule has 0 radical (unpaired) electrons. The van der Waals surface area contributed by atoms with Gasteiger partial charge in [-0.25, -0.2) is 0 Å². The van der Waals surface area contributed by atoms with Crippen molar-refractivity contribution < 1.29 is 0 Å². The molecule has 0 aliphatic heterocycles. The van der Waals surface area contributed by atoms with Crippen molar-refractivity contribution >= 4 is 11.3 Å². The Morgan fingerprint density at radius 2 is 2.27 bits per heavy atom. The number of nitrogens with one attached hydrogen (secondary N) is 1. The van der Waals surface area contributed by atoms with Crippen molar-refractivity contribution in [3.8, 4) is 6.07 Å². The summed E-state index contributed by atoms with van der Waals surface area (Å²) < 4.78 is 1.88. The van der Waals surface area contributed by atoms with Crippen LogP contribution >= 0.6 is 0 Å². The second-order valence-electron chi connectivity index (χ2n) is 5.50. The smallest absolute Gasteiger partial charge is 0.0996 e. The molecular formula is C17H19N5. The largest absolute Gasteiger partial charge is 0.385 e. The number of allylic oxidation sites excluding steroid dienone is 2. The van der Waals surface area contributed by atoms with Crippen molar-refractivity contribution in [3.63, 3.8) is 0 Å². The predicted octanol–water partition coefficient (Wildman–Crippen LogP) is 2.61. The molecular weight excluding hydrogens is 274 g/mol. The third kappa shape index (κ3) is 2.37. The van der Waals surface area contributed by atoms with Crippen LogP contribution in [-0.4, -0.2) is 21.3 Å². The summed E-state index contributed by atoms with van der Waals surface area (Å²) in [5, 5.41) is 16.9. The van der Waals surface area contributed by atoms with E-state index in [9.17, 15) is 5.26 Å². The van der Waals surface area contributed by atoms with Gasteiger partial charge >= 0.3 is 0 Å². The van der Waals surface area contributed by atoms with Gasteiger partial charge in [0.1, 0.15) is 0 Å². The van der Waals surface area contributed by atoms with Gasteiger partial charge in [-0.15, -0.1) is 0 Å². The molecule has 2 aromatic heterocycles. The highest BCUT2D eigenvalue weighted by Gasteiger charge is 2.21. The molecule has 5 heteroatoms. The van der Waals surface area contributed by atoms with Crippen molar-refractivity contribution in [2.75, 3.05) is 11.9 Å². The van der Waals surface area contributed by atoms with Gasteiger partial charge in [-0.05, 0) is 25.5 Å². The molecule has 2 aromatic rings. The quantitative estimate of drug-likeness (QED) is 0.941. The van der Waals surface area contributed by atoms with E-state index >= 15 is 0 Å². The topological polar surface area (TPSA) is 66.5 Å². The second kappa shape index (κ2) is 5.64. The summed E-state index contributed by atoms with van der Waals surface area (Å²) in [5.74, 6) is 0. The number of hydrogen-bond acceptors (Lipinski definition) is 4. The summed E-state index contributed by atoms with van der Waals surface area (Å²) in [5.41, 5.74) is 7.05. The highest BCUT2D eigenvalue weighted by atomic mass is 15.3. The number of aryl methyl sites for hydroxylation is 1. The third-order valence-electron chi connectivity index (χ3n) is 4.11. The Balaban J connectivity index is 2.00. The molecule has 3 rings (SSSR count). The van der Waals surface area contributed by atoms with Gasteiger partial charge < -0.3 is 5.32 Å². The number of rotatable bonds is 4. The standard InChI is InChI=1S/C17H19N5/c1-4-19-16-8-14(7-13-10-20-22(3)11(13)2)21-15-6-5-12(9-18)17(15)16/h5,8,10H,4,6-7H2,1-3H3,(H,19,21). The molecule has 0 unspecified atom stereocenters. The number of hydrogen-bond donors (Lipinski definition) is 1. The summed E-state index contributed by atoms with van der Waals surface area (Å²) in [7, 11) is 1.95. The first kappa shape index (κ1) is 14.3. The van der Waals surface area contributed by atoms with E-state index in [1.165, 1.54) is 5.56 Å². The monoisotopic (exact) mass is 293 g/mol. The molecule has 0 fully saturated rings. The Morgan fingerprint density at radius 3 is 2.91 bits per heavy atom. The van der Waals surface area contributed by atoms with E-state index in [0.717, 1.165) is 53.3 Å². The summed E-state index contributed by atoms with van der Waals surface area (Å²) >= 11 is 0. The second-order valence-corrected chi connectivity index (χ2v) is 5.50. The van der Waals surface area contributed by atoms with E-state index in [1.807, 2.05) is 24.0 Å². The minimum absolute atomic E-state index is 0.725. The first-order chi connectivity index (χ1) is 10.6. The summed E-state index contributed by atoms with van der Waals surface area (Å²) in [6, 6.07) is 4.33. The Kier molecular flexibility index (Phi) is 3.68.